The van der Waals surface area contributed by atoms with Crippen molar-refractivity contribution in [2.75, 3.05) is 31.1 Å². The molecule has 1 spiro atoms. The lowest BCUT2D eigenvalue weighted by atomic mass is 9.91. The minimum absolute atomic E-state index is 0.00998. The van der Waals surface area contributed by atoms with E-state index in [1.54, 1.807) is 9.80 Å². The Morgan fingerprint density at radius 1 is 1.36 bits per heavy atom. The Balaban J connectivity index is 0.000000706. The zero-order valence-corrected chi connectivity index (χ0v) is 16.1. The number of hydrogen-bond donors (Lipinski definition) is 2. The third kappa shape index (κ3) is 4.06. The summed E-state index contributed by atoms with van der Waals surface area (Å²) in [6.45, 7) is 3.51. The lowest BCUT2D eigenvalue weighted by molar-refractivity contribution is -0.139. The van der Waals surface area contributed by atoms with Gasteiger partial charge in [-0.3, -0.25) is 19.3 Å². The molecule has 1 atom stereocenters. The van der Waals surface area contributed by atoms with Gasteiger partial charge in [0.05, 0.1) is 12.5 Å². The quantitative estimate of drug-likeness (QED) is 0.648. The summed E-state index contributed by atoms with van der Waals surface area (Å²) < 4.78 is 5.37. The van der Waals surface area contributed by atoms with E-state index in [1.165, 1.54) is 11.3 Å². The molecule has 11 nitrogen and oxygen atoms in total. The molecular weight excluding hydrogens is 390 g/mol. The molecule has 3 aliphatic rings. The number of nitrogens with zero attached hydrogens (tertiary/aromatic N) is 4. The summed E-state index contributed by atoms with van der Waals surface area (Å²) in [4.78, 5) is 48.0. The van der Waals surface area contributed by atoms with E-state index in [1.807, 2.05) is 6.92 Å². The number of alkyl carbamates (subject to hydrolysis) is 1. The van der Waals surface area contributed by atoms with E-state index in [2.05, 4.69) is 15.5 Å². The zero-order chi connectivity index (χ0) is 20.3. The maximum atomic E-state index is 12.8. The molecule has 3 amide bonds. The van der Waals surface area contributed by atoms with Crippen molar-refractivity contribution in [1.82, 2.24) is 20.4 Å². The standard InChI is InChI=1S/C15H19N5O4S.CH2O2/c1-9-17-18-13(25-9)20-7-10(6-11(20)21)12(22)19-4-2-15(3-5-19)8-16-14(23)24-15;2-1-3/h10H,2-8H2,1H3,(H,16,23);1H,(H,2,3). The van der Waals surface area contributed by atoms with Crippen LogP contribution >= 0.6 is 11.3 Å². The Morgan fingerprint density at radius 3 is 2.57 bits per heavy atom. The van der Waals surface area contributed by atoms with E-state index in [4.69, 9.17) is 14.6 Å². The molecule has 2 N–H and O–H groups in total. The smallest absolute Gasteiger partial charge is 0.407 e. The molecule has 3 fully saturated rings. The van der Waals surface area contributed by atoms with Gasteiger partial charge in [0.25, 0.3) is 6.47 Å². The Bertz CT molecular complexity index is 775. The van der Waals surface area contributed by atoms with Gasteiger partial charge in [-0.15, -0.1) is 10.2 Å². The van der Waals surface area contributed by atoms with E-state index < -0.39 is 5.60 Å². The van der Waals surface area contributed by atoms with Crippen LogP contribution in [0.5, 0.6) is 0 Å². The predicted molar refractivity (Wildman–Crippen MR) is 96.8 cm³/mol. The number of hydrogen-bond acceptors (Lipinski definition) is 8. The normalized spacial score (nSPS) is 23.1. The van der Waals surface area contributed by atoms with Gasteiger partial charge in [-0.2, -0.15) is 0 Å². The first kappa shape index (κ1) is 20.0. The molecule has 4 heterocycles. The fraction of sp³-hybridized carbons (Fsp3) is 0.625. The molecule has 0 aliphatic carbocycles. The fourth-order valence-electron chi connectivity index (χ4n) is 3.63. The van der Waals surface area contributed by atoms with Crippen LogP contribution in [0.15, 0.2) is 0 Å². The summed E-state index contributed by atoms with van der Waals surface area (Å²) in [5.74, 6) is -0.448. The molecule has 28 heavy (non-hydrogen) atoms. The van der Waals surface area contributed by atoms with Gasteiger partial charge in [0.15, 0.2) is 0 Å². The molecule has 0 aromatic carbocycles. The summed E-state index contributed by atoms with van der Waals surface area (Å²) in [5.41, 5.74) is -0.477. The molecule has 1 unspecified atom stereocenters. The first-order valence-electron chi connectivity index (χ1n) is 8.81. The SMILES string of the molecule is Cc1nnc(N2CC(C(=O)N3CCC4(CC3)CNC(=O)O4)CC2=O)s1.O=CO. The van der Waals surface area contributed by atoms with Crippen LogP contribution in [-0.4, -0.2) is 76.4 Å². The van der Waals surface area contributed by atoms with Gasteiger partial charge in [-0.1, -0.05) is 11.3 Å². The van der Waals surface area contributed by atoms with Crippen molar-refractivity contribution in [1.29, 1.82) is 0 Å². The van der Waals surface area contributed by atoms with Crippen molar-refractivity contribution in [2.24, 2.45) is 5.92 Å². The first-order valence-corrected chi connectivity index (χ1v) is 9.63. The maximum Gasteiger partial charge on any atom is 0.407 e. The lowest BCUT2D eigenvalue weighted by Crippen LogP contribution is -2.50. The number of carbonyl (C=O) groups is 4. The van der Waals surface area contributed by atoms with Crippen LogP contribution in [0, 0.1) is 12.8 Å². The number of carboxylic acid groups (broad SMARTS) is 1. The van der Waals surface area contributed by atoms with Crippen LogP contribution in [-0.2, 0) is 19.1 Å². The van der Waals surface area contributed by atoms with Crippen LogP contribution in [0.2, 0.25) is 0 Å². The third-order valence-electron chi connectivity index (χ3n) is 5.07. The highest BCUT2D eigenvalue weighted by Crippen LogP contribution is 2.32. The number of likely N-dealkylation sites (tertiary alicyclic amines) is 1. The minimum atomic E-state index is -0.477. The average Bonchev–Trinajstić information content (AvgIpc) is 3.35. The molecule has 3 saturated heterocycles. The summed E-state index contributed by atoms with van der Waals surface area (Å²) in [6.07, 6.45) is 1.06. The van der Waals surface area contributed by atoms with Crippen LogP contribution in [0.4, 0.5) is 9.93 Å². The van der Waals surface area contributed by atoms with Crippen molar-refractivity contribution < 1.29 is 29.0 Å². The highest BCUT2D eigenvalue weighted by molar-refractivity contribution is 7.15. The van der Waals surface area contributed by atoms with Crippen LogP contribution < -0.4 is 10.2 Å². The van der Waals surface area contributed by atoms with Crippen molar-refractivity contribution in [3.63, 3.8) is 0 Å². The molecule has 1 aromatic heterocycles. The number of amides is 3. The number of aromatic nitrogens is 2. The van der Waals surface area contributed by atoms with E-state index in [0.29, 0.717) is 44.2 Å². The maximum absolute atomic E-state index is 12.8. The van der Waals surface area contributed by atoms with Crippen molar-refractivity contribution in [3.8, 4) is 0 Å². The molecule has 0 radical (unpaired) electrons. The molecule has 0 saturated carbocycles. The van der Waals surface area contributed by atoms with Gasteiger partial charge in [-0.25, -0.2) is 4.79 Å². The van der Waals surface area contributed by atoms with Gasteiger partial charge < -0.3 is 20.1 Å². The van der Waals surface area contributed by atoms with Crippen molar-refractivity contribution >= 4 is 40.8 Å². The zero-order valence-electron chi connectivity index (χ0n) is 15.3. The highest BCUT2D eigenvalue weighted by Gasteiger charge is 2.45. The van der Waals surface area contributed by atoms with Gasteiger partial charge in [0, 0.05) is 38.9 Å². The number of rotatable bonds is 2. The number of nitrogens with one attached hydrogen (secondary N) is 1. The fourth-order valence-corrected chi connectivity index (χ4v) is 4.34. The average molecular weight is 411 g/mol. The molecule has 4 rings (SSSR count). The number of anilines is 1. The van der Waals surface area contributed by atoms with Gasteiger partial charge in [0.1, 0.15) is 10.6 Å². The Labute approximate surface area is 164 Å². The van der Waals surface area contributed by atoms with Gasteiger partial charge >= 0.3 is 6.09 Å². The number of aryl methyl sites for hydroxylation is 1. The van der Waals surface area contributed by atoms with Gasteiger partial charge in [-0.05, 0) is 6.92 Å². The molecule has 12 heteroatoms. The largest absolute Gasteiger partial charge is 0.483 e. The Hall–Kier alpha value is -2.76. The second-order valence-electron chi connectivity index (χ2n) is 6.87. The summed E-state index contributed by atoms with van der Waals surface area (Å²) in [6, 6.07) is 0. The third-order valence-corrected chi connectivity index (χ3v) is 5.93. The van der Waals surface area contributed by atoms with E-state index >= 15 is 0 Å². The van der Waals surface area contributed by atoms with E-state index in [-0.39, 0.29) is 36.7 Å². The van der Waals surface area contributed by atoms with Crippen LogP contribution in [0.25, 0.3) is 0 Å². The van der Waals surface area contributed by atoms with E-state index in [9.17, 15) is 14.4 Å². The summed E-state index contributed by atoms with van der Waals surface area (Å²) in [5, 5.41) is 18.9. The number of carbonyl (C=O) groups excluding carboxylic acids is 3. The molecule has 1 aromatic rings. The summed E-state index contributed by atoms with van der Waals surface area (Å²) in [7, 11) is 0. The Morgan fingerprint density at radius 2 is 2.04 bits per heavy atom. The Kier molecular flexibility index (Phi) is 5.77. The highest BCUT2D eigenvalue weighted by atomic mass is 32.1. The minimum Gasteiger partial charge on any atom is -0.483 e. The lowest BCUT2D eigenvalue weighted by Gasteiger charge is -2.38. The number of piperidine rings is 1. The molecule has 0 bridgehead atoms. The number of ether oxygens (including phenoxy) is 1. The van der Waals surface area contributed by atoms with E-state index in [0.717, 1.165) is 5.01 Å². The molecule has 3 aliphatic heterocycles. The second kappa shape index (κ2) is 8.09. The molecule has 152 valence electrons. The van der Waals surface area contributed by atoms with Crippen molar-refractivity contribution in [2.45, 2.75) is 31.8 Å². The van der Waals surface area contributed by atoms with Crippen LogP contribution in [0.1, 0.15) is 24.3 Å². The monoisotopic (exact) mass is 411 g/mol. The molecular formula is C16H21N5O6S. The summed E-state index contributed by atoms with van der Waals surface area (Å²) >= 11 is 1.35. The predicted octanol–water partition coefficient (Wildman–Crippen LogP) is 0.00122. The second-order valence-corrected chi connectivity index (χ2v) is 8.03. The van der Waals surface area contributed by atoms with Crippen LogP contribution in [0.3, 0.4) is 0 Å². The van der Waals surface area contributed by atoms with Crippen molar-refractivity contribution in [3.05, 3.63) is 5.01 Å². The topological polar surface area (TPSA) is 142 Å². The van der Waals surface area contributed by atoms with Gasteiger partial charge in [0.2, 0.25) is 16.9 Å². The first-order chi connectivity index (χ1) is 13.4.